The Labute approximate surface area is 99.6 Å². The van der Waals surface area contributed by atoms with E-state index >= 15 is 0 Å². The van der Waals surface area contributed by atoms with Crippen molar-refractivity contribution in [2.75, 3.05) is 19.6 Å². The van der Waals surface area contributed by atoms with Gasteiger partial charge in [0.2, 0.25) is 0 Å². The molecule has 3 atom stereocenters. The summed E-state index contributed by atoms with van der Waals surface area (Å²) in [6.07, 6.45) is 10.4. The predicted octanol–water partition coefficient (Wildman–Crippen LogP) is 2.15. The summed E-state index contributed by atoms with van der Waals surface area (Å²) >= 11 is 0. The predicted molar refractivity (Wildman–Crippen MR) is 67.4 cm³/mol. The van der Waals surface area contributed by atoms with Crippen molar-refractivity contribution in [3.63, 3.8) is 0 Å². The summed E-state index contributed by atoms with van der Waals surface area (Å²) in [6, 6.07) is 0.868. The van der Waals surface area contributed by atoms with Crippen molar-refractivity contribution in [1.82, 2.24) is 10.6 Å². The molecule has 0 radical (unpaired) electrons. The average molecular weight is 222 g/mol. The van der Waals surface area contributed by atoms with Crippen molar-refractivity contribution >= 4 is 0 Å². The highest BCUT2D eigenvalue weighted by atomic mass is 15.0. The van der Waals surface area contributed by atoms with Gasteiger partial charge in [0.05, 0.1) is 0 Å². The summed E-state index contributed by atoms with van der Waals surface area (Å²) in [7, 11) is 0. The number of fused-ring (bicyclic) bond motifs is 2. The van der Waals surface area contributed by atoms with Crippen LogP contribution in [0.3, 0.4) is 0 Å². The molecule has 2 nitrogen and oxygen atoms in total. The monoisotopic (exact) mass is 222 g/mol. The van der Waals surface area contributed by atoms with Crippen molar-refractivity contribution in [2.45, 2.75) is 51.0 Å². The van der Waals surface area contributed by atoms with Gasteiger partial charge in [-0.25, -0.2) is 0 Å². The molecule has 3 unspecified atom stereocenters. The number of hydrogen-bond donors (Lipinski definition) is 2. The normalized spacial score (nSPS) is 37.1. The van der Waals surface area contributed by atoms with Crippen LogP contribution in [0.25, 0.3) is 0 Å². The number of hydrogen-bond acceptors (Lipinski definition) is 2. The molecule has 92 valence electrons. The molecule has 3 fully saturated rings. The van der Waals surface area contributed by atoms with E-state index in [2.05, 4.69) is 10.6 Å². The topological polar surface area (TPSA) is 24.1 Å². The third-order valence-corrected chi connectivity index (χ3v) is 4.89. The summed E-state index contributed by atoms with van der Waals surface area (Å²) in [6.45, 7) is 3.58. The Morgan fingerprint density at radius 1 is 0.875 bits per heavy atom. The highest BCUT2D eigenvalue weighted by Gasteiger charge is 2.38. The Kier molecular flexibility index (Phi) is 3.49. The third-order valence-electron chi connectivity index (χ3n) is 4.89. The quantitative estimate of drug-likeness (QED) is 0.645. The highest BCUT2D eigenvalue weighted by Crippen LogP contribution is 2.49. The minimum Gasteiger partial charge on any atom is -0.315 e. The molecule has 2 heteroatoms. The molecule has 0 aromatic rings. The Hall–Kier alpha value is -0.0800. The van der Waals surface area contributed by atoms with Crippen LogP contribution in [0.4, 0.5) is 0 Å². The summed E-state index contributed by atoms with van der Waals surface area (Å²) in [5.41, 5.74) is 0. The minimum absolute atomic E-state index is 0.868. The van der Waals surface area contributed by atoms with Crippen LogP contribution in [0.1, 0.15) is 44.9 Å². The Balaban J connectivity index is 1.21. The molecule has 0 saturated heterocycles. The fraction of sp³-hybridized carbons (Fsp3) is 1.00. The van der Waals surface area contributed by atoms with E-state index in [0.29, 0.717) is 0 Å². The maximum Gasteiger partial charge on any atom is 0.00793 e. The van der Waals surface area contributed by atoms with E-state index < -0.39 is 0 Å². The Morgan fingerprint density at radius 3 is 2.50 bits per heavy atom. The third kappa shape index (κ3) is 2.78. The van der Waals surface area contributed by atoms with Crippen LogP contribution in [0.2, 0.25) is 0 Å². The molecule has 0 aromatic carbocycles. The summed E-state index contributed by atoms with van der Waals surface area (Å²) < 4.78 is 0. The Morgan fingerprint density at radius 2 is 1.81 bits per heavy atom. The molecule has 16 heavy (non-hydrogen) atoms. The zero-order chi connectivity index (χ0) is 10.8. The van der Waals surface area contributed by atoms with Crippen molar-refractivity contribution in [3.05, 3.63) is 0 Å². The van der Waals surface area contributed by atoms with Crippen LogP contribution in [0, 0.1) is 17.8 Å². The van der Waals surface area contributed by atoms with Crippen LogP contribution in [0.5, 0.6) is 0 Å². The van der Waals surface area contributed by atoms with Gasteiger partial charge in [-0.3, -0.25) is 0 Å². The highest BCUT2D eigenvalue weighted by molar-refractivity contribution is 4.90. The standard InChI is InChI=1S/C14H26N2/c1-2-12-9-11(1)10-13(12)5-6-15-7-8-16-14-3-4-14/h11-16H,1-10H2. The molecule has 2 bridgehead atoms. The van der Waals surface area contributed by atoms with Crippen molar-refractivity contribution < 1.29 is 0 Å². The van der Waals surface area contributed by atoms with Gasteiger partial charge in [-0.2, -0.15) is 0 Å². The molecule has 3 rings (SSSR count). The second-order valence-corrected chi connectivity index (χ2v) is 6.20. The van der Waals surface area contributed by atoms with E-state index in [4.69, 9.17) is 0 Å². The fourth-order valence-corrected chi connectivity index (χ4v) is 3.79. The van der Waals surface area contributed by atoms with Gasteiger partial charge in [0.1, 0.15) is 0 Å². The lowest BCUT2D eigenvalue weighted by Gasteiger charge is -2.21. The molecule has 3 aliphatic carbocycles. The van der Waals surface area contributed by atoms with Crippen molar-refractivity contribution in [2.24, 2.45) is 17.8 Å². The second-order valence-electron chi connectivity index (χ2n) is 6.20. The molecule has 0 aliphatic heterocycles. The van der Waals surface area contributed by atoms with Crippen molar-refractivity contribution in [3.8, 4) is 0 Å². The summed E-state index contributed by atoms with van der Waals surface area (Å²) in [5, 5.41) is 7.14. The maximum atomic E-state index is 3.59. The molecular weight excluding hydrogens is 196 g/mol. The molecule has 0 spiro atoms. The van der Waals surface area contributed by atoms with E-state index in [1.54, 1.807) is 25.7 Å². The maximum absolute atomic E-state index is 3.59. The Bertz CT molecular complexity index is 225. The average Bonchev–Trinajstić information content (AvgIpc) is 2.88. The number of rotatable bonds is 7. The SMILES string of the molecule is C(CNC1CC1)NCCC1CC2CCC1C2. The first-order valence-corrected chi connectivity index (χ1v) is 7.36. The van der Waals surface area contributed by atoms with Crippen LogP contribution >= 0.6 is 0 Å². The van der Waals surface area contributed by atoms with Crippen LogP contribution < -0.4 is 10.6 Å². The minimum atomic E-state index is 0.868. The van der Waals surface area contributed by atoms with Gasteiger partial charge in [0.15, 0.2) is 0 Å². The second kappa shape index (κ2) is 5.05. The van der Waals surface area contributed by atoms with Gasteiger partial charge in [-0.15, -0.1) is 0 Å². The van der Waals surface area contributed by atoms with Gasteiger partial charge in [0, 0.05) is 19.1 Å². The molecule has 2 N–H and O–H groups in total. The molecule has 3 aliphatic rings. The summed E-state index contributed by atoms with van der Waals surface area (Å²) in [5.74, 6) is 3.30. The van der Waals surface area contributed by atoms with E-state index in [9.17, 15) is 0 Å². The molecule has 3 saturated carbocycles. The molecule has 0 amide bonds. The van der Waals surface area contributed by atoms with Crippen molar-refractivity contribution in [1.29, 1.82) is 0 Å². The van der Waals surface area contributed by atoms with E-state index in [0.717, 1.165) is 30.3 Å². The first kappa shape index (κ1) is 11.0. The van der Waals surface area contributed by atoms with E-state index in [1.807, 2.05) is 0 Å². The lowest BCUT2D eigenvalue weighted by Crippen LogP contribution is -2.30. The van der Waals surface area contributed by atoms with Crippen LogP contribution in [0.15, 0.2) is 0 Å². The van der Waals surface area contributed by atoms with Gasteiger partial charge >= 0.3 is 0 Å². The fourth-order valence-electron chi connectivity index (χ4n) is 3.79. The van der Waals surface area contributed by atoms with E-state index in [1.165, 1.54) is 32.4 Å². The smallest absolute Gasteiger partial charge is 0.00793 e. The van der Waals surface area contributed by atoms with E-state index in [-0.39, 0.29) is 0 Å². The molecular formula is C14H26N2. The van der Waals surface area contributed by atoms with Gasteiger partial charge in [0.25, 0.3) is 0 Å². The van der Waals surface area contributed by atoms with Gasteiger partial charge in [-0.1, -0.05) is 6.42 Å². The zero-order valence-electron chi connectivity index (χ0n) is 10.4. The summed E-state index contributed by atoms with van der Waals surface area (Å²) in [4.78, 5) is 0. The van der Waals surface area contributed by atoms with Crippen LogP contribution in [-0.4, -0.2) is 25.7 Å². The largest absolute Gasteiger partial charge is 0.315 e. The zero-order valence-corrected chi connectivity index (χ0v) is 10.4. The lowest BCUT2D eigenvalue weighted by molar-refractivity contribution is 0.310. The lowest BCUT2D eigenvalue weighted by atomic mass is 9.86. The first-order valence-electron chi connectivity index (χ1n) is 7.36. The molecule has 0 aromatic heterocycles. The van der Waals surface area contributed by atoms with Gasteiger partial charge < -0.3 is 10.6 Å². The first-order chi connectivity index (χ1) is 7.92. The number of nitrogens with one attached hydrogen (secondary N) is 2. The van der Waals surface area contributed by atoms with Gasteiger partial charge in [-0.05, 0) is 62.8 Å². The molecule has 0 heterocycles. The van der Waals surface area contributed by atoms with Crippen LogP contribution in [-0.2, 0) is 0 Å².